The van der Waals surface area contributed by atoms with E-state index < -0.39 is 5.97 Å². The molecule has 1 aromatic heterocycles. The number of aromatic nitrogens is 2. The third kappa shape index (κ3) is 1.89. The van der Waals surface area contributed by atoms with Crippen molar-refractivity contribution in [1.82, 2.24) is 9.78 Å². The van der Waals surface area contributed by atoms with Gasteiger partial charge < -0.3 is 5.11 Å². The standard InChI is InChI=1S/C17H18N2O2/c1-10-2-4-11(5-3-10)9-19-16-13-7-6-12(8-13)14(16)15(18-19)17(20)21/h2-5,12-13H,6-9H2,1H3,(H,20,21). The van der Waals surface area contributed by atoms with Gasteiger partial charge in [-0.05, 0) is 37.7 Å². The molecule has 0 saturated heterocycles. The van der Waals surface area contributed by atoms with E-state index >= 15 is 0 Å². The van der Waals surface area contributed by atoms with E-state index in [1.165, 1.54) is 23.2 Å². The number of fused-ring (bicyclic) bond motifs is 5. The van der Waals surface area contributed by atoms with Crippen LogP contribution in [0, 0.1) is 6.92 Å². The molecule has 0 spiro atoms. The number of carboxylic acids is 1. The number of aromatic carboxylic acids is 1. The highest BCUT2D eigenvalue weighted by atomic mass is 16.4. The smallest absolute Gasteiger partial charge is 0.356 e. The number of hydrogen-bond donors (Lipinski definition) is 1. The van der Waals surface area contributed by atoms with Crippen LogP contribution < -0.4 is 0 Å². The number of hydrogen-bond acceptors (Lipinski definition) is 2. The second kappa shape index (κ2) is 4.45. The molecule has 4 rings (SSSR count). The van der Waals surface area contributed by atoms with Gasteiger partial charge in [0.1, 0.15) is 0 Å². The van der Waals surface area contributed by atoms with Gasteiger partial charge in [-0.3, -0.25) is 4.68 Å². The summed E-state index contributed by atoms with van der Waals surface area (Å²) in [6, 6.07) is 8.36. The fourth-order valence-electron chi connectivity index (χ4n) is 3.96. The van der Waals surface area contributed by atoms with Gasteiger partial charge in [0.05, 0.1) is 6.54 Å². The molecule has 1 aromatic carbocycles. The molecule has 2 aliphatic carbocycles. The van der Waals surface area contributed by atoms with Crippen molar-refractivity contribution in [2.24, 2.45) is 0 Å². The van der Waals surface area contributed by atoms with E-state index in [-0.39, 0.29) is 5.69 Å². The van der Waals surface area contributed by atoms with Crippen LogP contribution in [-0.2, 0) is 6.54 Å². The van der Waals surface area contributed by atoms with Crippen LogP contribution in [0.25, 0.3) is 0 Å². The number of nitrogens with zero attached hydrogens (tertiary/aromatic N) is 2. The van der Waals surface area contributed by atoms with Crippen molar-refractivity contribution in [3.8, 4) is 0 Å². The van der Waals surface area contributed by atoms with Gasteiger partial charge in [-0.25, -0.2) is 4.79 Å². The maximum absolute atomic E-state index is 11.5. The van der Waals surface area contributed by atoms with Crippen molar-refractivity contribution in [3.05, 3.63) is 52.3 Å². The molecule has 0 amide bonds. The molecule has 2 bridgehead atoms. The highest BCUT2D eigenvalue weighted by Gasteiger charge is 2.43. The maximum Gasteiger partial charge on any atom is 0.356 e. The predicted molar refractivity (Wildman–Crippen MR) is 78.8 cm³/mol. The van der Waals surface area contributed by atoms with Gasteiger partial charge >= 0.3 is 5.97 Å². The summed E-state index contributed by atoms with van der Waals surface area (Å²) >= 11 is 0. The fraction of sp³-hybridized carbons (Fsp3) is 0.412. The minimum atomic E-state index is -0.888. The Balaban J connectivity index is 1.76. The van der Waals surface area contributed by atoms with Crippen molar-refractivity contribution < 1.29 is 9.90 Å². The van der Waals surface area contributed by atoms with Crippen LogP contribution in [0.4, 0.5) is 0 Å². The Morgan fingerprint density at radius 1 is 1.29 bits per heavy atom. The first kappa shape index (κ1) is 12.6. The number of rotatable bonds is 3. The van der Waals surface area contributed by atoms with Crippen molar-refractivity contribution in [1.29, 1.82) is 0 Å². The molecule has 0 aliphatic heterocycles. The third-order valence-electron chi connectivity index (χ3n) is 4.91. The lowest BCUT2D eigenvalue weighted by atomic mass is 9.95. The summed E-state index contributed by atoms with van der Waals surface area (Å²) in [6.07, 6.45) is 3.41. The Kier molecular flexibility index (Phi) is 2.67. The van der Waals surface area contributed by atoms with E-state index in [0.717, 1.165) is 18.4 Å². The first-order chi connectivity index (χ1) is 10.1. The summed E-state index contributed by atoms with van der Waals surface area (Å²) < 4.78 is 1.94. The zero-order valence-corrected chi connectivity index (χ0v) is 12.0. The maximum atomic E-state index is 11.5. The van der Waals surface area contributed by atoms with E-state index in [1.54, 1.807) is 0 Å². The first-order valence-corrected chi connectivity index (χ1v) is 7.53. The van der Waals surface area contributed by atoms with Crippen LogP contribution in [0.3, 0.4) is 0 Å². The van der Waals surface area contributed by atoms with Crippen molar-refractivity contribution in [2.45, 2.75) is 44.6 Å². The van der Waals surface area contributed by atoms with Crippen LogP contribution in [0.1, 0.15) is 64.0 Å². The van der Waals surface area contributed by atoms with Gasteiger partial charge in [-0.15, -0.1) is 0 Å². The normalized spacial score (nSPS) is 22.5. The molecular weight excluding hydrogens is 264 g/mol. The van der Waals surface area contributed by atoms with Gasteiger partial charge in [0.25, 0.3) is 0 Å². The summed E-state index contributed by atoms with van der Waals surface area (Å²) in [5, 5.41) is 13.8. The molecule has 108 valence electrons. The fourth-order valence-corrected chi connectivity index (χ4v) is 3.96. The van der Waals surface area contributed by atoms with Gasteiger partial charge in [-0.2, -0.15) is 5.10 Å². The summed E-state index contributed by atoms with van der Waals surface area (Å²) in [5.41, 5.74) is 4.89. The summed E-state index contributed by atoms with van der Waals surface area (Å²) in [4.78, 5) is 11.5. The summed E-state index contributed by atoms with van der Waals surface area (Å²) in [5.74, 6) is 0.0420. The van der Waals surface area contributed by atoms with Crippen LogP contribution in [0.5, 0.6) is 0 Å². The molecule has 1 saturated carbocycles. The van der Waals surface area contributed by atoms with E-state index in [0.29, 0.717) is 18.4 Å². The number of carboxylic acid groups (broad SMARTS) is 1. The number of benzene rings is 1. The topological polar surface area (TPSA) is 55.1 Å². The SMILES string of the molecule is Cc1ccc(Cn2nc(C(=O)O)c3c2C2CCC3C2)cc1. The average molecular weight is 282 g/mol. The largest absolute Gasteiger partial charge is 0.476 e. The Morgan fingerprint density at radius 3 is 2.71 bits per heavy atom. The monoisotopic (exact) mass is 282 g/mol. The minimum Gasteiger partial charge on any atom is -0.476 e. The Bertz CT molecular complexity index is 715. The van der Waals surface area contributed by atoms with Crippen LogP contribution >= 0.6 is 0 Å². The van der Waals surface area contributed by atoms with E-state index in [1.807, 2.05) is 4.68 Å². The molecular formula is C17H18N2O2. The molecule has 2 aliphatic rings. The number of carbonyl (C=O) groups is 1. The predicted octanol–water partition coefficient (Wildman–Crippen LogP) is 3.30. The van der Waals surface area contributed by atoms with Crippen LogP contribution in [0.15, 0.2) is 24.3 Å². The Hall–Kier alpha value is -2.10. The van der Waals surface area contributed by atoms with E-state index in [9.17, 15) is 9.90 Å². The lowest BCUT2D eigenvalue weighted by Gasteiger charge is -2.14. The Labute approximate surface area is 123 Å². The van der Waals surface area contributed by atoms with Gasteiger partial charge in [0, 0.05) is 17.2 Å². The number of aryl methyl sites for hydroxylation is 1. The molecule has 2 atom stereocenters. The van der Waals surface area contributed by atoms with Gasteiger partial charge in [0.15, 0.2) is 5.69 Å². The molecule has 21 heavy (non-hydrogen) atoms. The molecule has 4 nitrogen and oxygen atoms in total. The molecule has 1 fully saturated rings. The highest BCUT2D eigenvalue weighted by molar-refractivity contribution is 5.88. The summed E-state index contributed by atoms with van der Waals surface area (Å²) in [6.45, 7) is 2.73. The minimum absolute atomic E-state index is 0.282. The van der Waals surface area contributed by atoms with E-state index in [4.69, 9.17) is 0 Å². The van der Waals surface area contributed by atoms with Gasteiger partial charge in [-0.1, -0.05) is 29.8 Å². The van der Waals surface area contributed by atoms with Crippen molar-refractivity contribution in [2.75, 3.05) is 0 Å². The third-order valence-corrected chi connectivity index (χ3v) is 4.91. The van der Waals surface area contributed by atoms with Gasteiger partial charge in [0.2, 0.25) is 0 Å². The first-order valence-electron chi connectivity index (χ1n) is 7.53. The second-order valence-electron chi connectivity index (χ2n) is 6.30. The average Bonchev–Trinajstić information content (AvgIpc) is 3.13. The second-order valence-corrected chi connectivity index (χ2v) is 6.30. The molecule has 1 heterocycles. The molecule has 1 N–H and O–H groups in total. The lowest BCUT2D eigenvalue weighted by Crippen LogP contribution is -2.09. The van der Waals surface area contributed by atoms with Crippen LogP contribution in [-0.4, -0.2) is 20.9 Å². The Morgan fingerprint density at radius 2 is 2.00 bits per heavy atom. The molecule has 4 heteroatoms. The molecule has 2 unspecified atom stereocenters. The summed E-state index contributed by atoms with van der Waals surface area (Å²) in [7, 11) is 0. The zero-order valence-electron chi connectivity index (χ0n) is 12.0. The molecule has 2 aromatic rings. The van der Waals surface area contributed by atoms with E-state index in [2.05, 4.69) is 36.3 Å². The quantitative estimate of drug-likeness (QED) is 0.939. The van der Waals surface area contributed by atoms with Crippen molar-refractivity contribution >= 4 is 5.97 Å². The van der Waals surface area contributed by atoms with Crippen LogP contribution in [0.2, 0.25) is 0 Å². The highest BCUT2D eigenvalue weighted by Crippen LogP contribution is 2.54. The van der Waals surface area contributed by atoms with Crippen molar-refractivity contribution in [3.63, 3.8) is 0 Å². The molecule has 0 radical (unpaired) electrons. The lowest BCUT2D eigenvalue weighted by molar-refractivity contribution is 0.0688. The zero-order chi connectivity index (χ0) is 14.6.